The minimum absolute atomic E-state index is 0.0709. The molecule has 188 valence electrons. The number of aliphatic carboxylic acids is 1. The molecular formula is C28H32N4O4. The number of hydrogen-bond acceptors (Lipinski definition) is 6. The molecule has 1 saturated carbocycles. The van der Waals surface area contributed by atoms with Gasteiger partial charge in [0.25, 0.3) is 0 Å². The number of ketones is 1. The normalized spacial score (nSPS) is 14.9. The zero-order valence-electron chi connectivity index (χ0n) is 20.8. The summed E-state index contributed by atoms with van der Waals surface area (Å²) in [5.74, 6) is 0.443. The van der Waals surface area contributed by atoms with Crippen molar-refractivity contribution in [2.45, 2.75) is 70.3 Å². The summed E-state index contributed by atoms with van der Waals surface area (Å²) in [5.41, 5.74) is 3.42. The number of carboxylic acids is 1. The first-order valence-corrected chi connectivity index (χ1v) is 12.4. The zero-order valence-corrected chi connectivity index (χ0v) is 20.8. The van der Waals surface area contributed by atoms with Gasteiger partial charge in [0.15, 0.2) is 5.78 Å². The minimum atomic E-state index is -0.831. The maximum absolute atomic E-state index is 13.3. The number of carbonyl (C=O) groups is 2. The molecule has 1 aromatic heterocycles. The van der Waals surface area contributed by atoms with Crippen LogP contribution >= 0.6 is 0 Å². The number of carbonyl (C=O) groups excluding carboxylic acids is 1. The van der Waals surface area contributed by atoms with Gasteiger partial charge >= 0.3 is 5.97 Å². The van der Waals surface area contributed by atoms with Crippen molar-refractivity contribution in [1.29, 1.82) is 10.7 Å². The lowest BCUT2D eigenvalue weighted by molar-refractivity contribution is -0.137. The fourth-order valence-electron chi connectivity index (χ4n) is 4.49. The highest BCUT2D eigenvalue weighted by Gasteiger charge is 2.32. The van der Waals surface area contributed by atoms with Gasteiger partial charge in [-0.15, -0.1) is 0 Å². The third kappa shape index (κ3) is 5.73. The maximum Gasteiger partial charge on any atom is 0.303 e. The van der Waals surface area contributed by atoms with Gasteiger partial charge in [-0.2, -0.15) is 5.26 Å². The maximum atomic E-state index is 13.3. The number of nitriles is 1. The van der Waals surface area contributed by atoms with Gasteiger partial charge in [0, 0.05) is 53.1 Å². The summed E-state index contributed by atoms with van der Waals surface area (Å²) in [6.07, 6.45) is 3.75. The van der Waals surface area contributed by atoms with Gasteiger partial charge in [0.1, 0.15) is 17.3 Å². The smallest absolute Gasteiger partial charge is 0.303 e. The summed E-state index contributed by atoms with van der Waals surface area (Å²) in [5, 5.41) is 26.7. The second kappa shape index (κ2) is 10.5. The summed E-state index contributed by atoms with van der Waals surface area (Å²) >= 11 is 0. The van der Waals surface area contributed by atoms with Crippen LogP contribution in [0, 0.1) is 16.7 Å². The lowest BCUT2D eigenvalue weighted by atomic mass is 9.80. The Morgan fingerprint density at radius 3 is 2.72 bits per heavy atom. The van der Waals surface area contributed by atoms with Crippen LogP contribution in [0.5, 0.6) is 5.75 Å². The quantitative estimate of drug-likeness (QED) is 0.324. The van der Waals surface area contributed by atoms with Crippen LogP contribution < -0.4 is 4.74 Å². The summed E-state index contributed by atoms with van der Waals surface area (Å²) in [6, 6.07) is 11.6. The van der Waals surface area contributed by atoms with E-state index in [1.165, 1.54) is 0 Å². The molecule has 1 aromatic carbocycles. The molecule has 2 heterocycles. The molecule has 8 nitrogen and oxygen atoms in total. The fourth-order valence-corrected chi connectivity index (χ4v) is 4.49. The number of nitrogens with one attached hydrogen (secondary N) is 1. The lowest BCUT2D eigenvalue weighted by Crippen LogP contribution is -2.30. The molecule has 0 atom stereocenters. The van der Waals surface area contributed by atoms with Gasteiger partial charge in [-0.05, 0) is 49.9 Å². The van der Waals surface area contributed by atoms with E-state index in [0.29, 0.717) is 48.9 Å². The lowest BCUT2D eigenvalue weighted by Gasteiger charge is -2.26. The van der Waals surface area contributed by atoms with E-state index in [9.17, 15) is 14.9 Å². The minimum Gasteiger partial charge on any atom is -0.493 e. The van der Waals surface area contributed by atoms with E-state index in [1.807, 2.05) is 26.0 Å². The van der Waals surface area contributed by atoms with E-state index in [-0.39, 0.29) is 31.0 Å². The summed E-state index contributed by atoms with van der Waals surface area (Å²) < 4.78 is 5.95. The number of nitrogens with zero attached hydrogens (tertiary/aromatic N) is 3. The van der Waals surface area contributed by atoms with E-state index in [1.54, 1.807) is 23.1 Å². The van der Waals surface area contributed by atoms with Crippen molar-refractivity contribution in [2.24, 2.45) is 0 Å². The van der Waals surface area contributed by atoms with Crippen LogP contribution in [0.3, 0.4) is 0 Å². The summed E-state index contributed by atoms with van der Waals surface area (Å²) in [7, 11) is 0. The number of amidine groups is 1. The number of unbranched alkanes of at least 4 members (excludes halogenated alkanes) is 1. The van der Waals surface area contributed by atoms with Gasteiger partial charge < -0.3 is 14.7 Å². The van der Waals surface area contributed by atoms with Crippen molar-refractivity contribution in [3.05, 3.63) is 58.4 Å². The van der Waals surface area contributed by atoms with Crippen LogP contribution in [-0.2, 0) is 16.8 Å². The number of fused-ring (bicyclic) bond motifs is 1. The van der Waals surface area contributed by atoms with Crippen molar-refractivity contribution >= 4 is 17.6 Å². The molecule has 8 heteroatoms. The largest absolute Gasteiger partial charge is 0.493 e. The molecule has 0 radical (unpaired) electrons. The standard InChI is InChI=1S/C28H32N4O4/c1-28(2,12-13-29)21-15-19(9-11-24(21)36-14-4-3-5-25(34)35)23(33)17-32-16-20-8-10-22(18-6-7-18)31-26(20)27(32)30/h8-11,15,18,30H,3-7,12,14,16-17H2,1-2H3,(H,34,35). The Bertz CT molecular complexity index is 1230. The van der Waals surface area contributed by atoms with Crippen molar-refractivity contribution in [3.8, 4) is 11.8 Å². The van der Waals surface area contributed by atoms with Crippen molar-refractivity contribution in [2.75, 3.05) is 13.2 Å². The fraction of sp³-hybridized carbons (Fsp3) is 0.464. The van der Waals surface area contributed by atoms with Crippen LogP contribution in [0.15, 0.2) is 30.3 Å². The third-order valence-corrected chi connectivity index (χ3v) is 6.83. The first kappa shape index (κ1) is 25.4. The highest BCUT2D eigenvalue weighted by Crippen LogP contribution is 2.40. The number of aromatic nitrogens is 1. The van der Waals surface area contributed by atoms with Crippen LogP contribution in [0.2, 0.25) is 0 Å². The molecule has 2 aliphatic rings. The Labute approximate surface area is 211 Å². The van der Waals surface area contributed by atoms with Crippen molar-refractivity contribution < 1.29 is 19.4 Å². The van der Waals surface area contributed by atoms with Crippen LogP contribution in [0.1, 0.15) is 91.2 Å². The van der Waals surface area contributed by atoms with Crippen LogP contribution in [-0.4, -0.2) is 45.7 Å². The SMILES string of the molecule is CC(C)(CC#N)c1cc(C(=O)CN2Cc3ccc(C4CC4)nc3C2=N)ccc1OCCCCC(=O)O. The summed E-state index contributed by atoms with van der Waals surface area (Å²) in [4.78, 5) is 30.4. The average molecular weight is 489 g/mol. The molecule has 1 aliphatic heterocycles. The molecule has 1 fully saturated rings. The molecule has 2 N–H and O–H groups in total. The van der Waals surface area contributed by atoms with Crippen molar-refractivity contribution in [1.82, 2.24) is 9.88 Å². The van der Waals surface area contributed by atoms with Crippen molar-refractivity contribution in [3.63, 3.8) is 0 Å². The number of pyridine rings is 1. The Hall–Kier alpha value is -3.73. The second-order valence-corrected chi connectivity index (χ2v) is 10.3. The first-order valence-electron chi connectivity index (χ1n) is 12.4. The van der Waals surface area contributed by atoms with Crippen LogP contribution in [0.25, 0.3) is 0 Å². The highest BCUT2D eigenvalue weighted by molar-refractivity contribution is 6.04. The monoisotopic (exact) mass is 488 g/mol. The van der Waals surface area contributed by atoms with Crippen LogP contribution in [0.4, 0.5) is 0 Å². The Morgan fingerprint density at radius 2 is 2.03 bits per heavy atom. The molecule has 36 heavy (non-hydrogen) atoms. The van der Waals surface area contributed by atoms with E-state index >= 15 is 0 Å². The highest BCUT2D eigenvalue weighted by atomic mass is 16.5. The third-order valence-electron chi connectivity index (χ3n) is 6.83. The molecule has 0 saturated heterocycles. The van der Waals surface area contributed by atoms with Gasteiger partial charge in [-0.25, -0.2) is 4.98 Å². The molecule has 0 unspecified atom stereocenters. The average Bonchev–Trinajstić information content (AvgIpc) is 3.64. The number of hydrogen-bond donors (Lipinski definition) is 2. The first-order chi connectivity index (χ1) is 17.2. The number of ether oxygens (including phenoxy) is 1. The molecular weight excluding hydrogens is 456 g/mol. The molecule has 2 aromatic rings. The molecule has 0 spiro atoms. The van der Waals surface area contributed by atoms with E-state index in [4.69, 9.17) is 20.2 Å². The zero-order chi connectivity index (χ0) is 25.9. The number of carboxylic acid groups (broad SMARTS) is 1. The number of benzene rings is 1. The predicted molar refractivity (Wildman–Crippen MR) is 134 cm³/mol. The number of rotatable bonds is 12. The van der Waals surface area contributed by atoms with Gasteiger partial charge in [-0.1, -0.05) is 19.9 Å². The Morgan fingerprint density at radius 1 is 1.25 bits per heavy atom. The summed E-state index contributed by atoms with van der Waals surface area (Å²) in [6.45, 7) is 4.79. The molecule has 4 rings (SSSR count). The second-order valence-electron chi connectivity index (χ2n) is 10.3. The molecule has 0 bridgehead atoms. The van der Waals surface area contributed by atoms with Gasteiger partial charge in [-0.3, -0.25) is 15.0 Å². The Kier molecular flexibility index (Phi) is 7.39. The van der Waals surface area contributed by atoms with E-state index in [2.05, 4.69) is 6.07 Å². The topological polar surface area (TPSA) is 127 Å². The number of Topliss-reactive ketones (excluding diaryl/α,β-unsaturated/α-hetero) is 1. The van der Waals surface area contributed by atoms with Gasteiger partial charge in [0.05, 0.1) is 19.2 Å². The predicted octanol–water partition coefficient (Wildman–Crippen LogP) is 4.81. The Balaban J connectivity index is 1.47. The molecule has 1 aliphatic carbocycles. The molecule has 0 amide bonds. The van der Waals surface area contributed by atoms with E-state index < -0.39 is 11.4 Å². The van der Waals surface area contributed by atoms with Gasteiger partial charge in [0.2, 0.25) is 0 Å². The van der Waals surface area contributed by atoms with E-state index in [0.717, 1.165) is 29.7 Å².